The molecule has 0 fully saturated rings. The molecule has 0 aromatic heterocycles. The molecule has 10 heavy (non-hydrogen) atoms. The number of hydroxylamine groups is 2. The van der Waals surface area contributed by atoms with E-state index >= 15 is 0 Å². The van der Waals surface area contributed by atoms with Crippen molar-refractivity contribution in [1.82, 2.24) is 5.06 Å². The van der Waals surface area contributed by atoms with Crippen molar-refractivity contribution < 1.29 is 19.7 Å². The van der Waals surface area contributed by atoms with E-state index in [0.717, 1.165) is 0 Å². The van der Waals surface area contributed by atoms with Crippen molar-refractivity contribution in [3.05, 3.63) is 0 Å². The second kappa shape index (κ2) is 5.14. The molecule has 0 aromatic carbocycles. The molecule has 0 unspecified atom stereocenters. The Labute approximate surface area is 59.4 Å². The van der Waals surface area contributed by atoms with E-state index in [1.165, 1.54) is 0 Å². The largest absolute Gasteiger partial charge is 0.463 e. The maximum Gasteiger partial charge on any atom is 0.431 e. The molecule has 0 radical (unpaired) electrons. The zero-order chi connectivity index (χ0) is 7.98. The van der Waals surface area contributed by atoms with Gasteiger partial charge in [-0.3, -0.25) is 9.77 Å². The van der Waals surface area contributed by atoms with Crippen LogP contribution in [0.1, 0.15) is 6.42 Å². The third-order valence-corrected chi connectivity index (χ3v) is 1.34. The molecule has 0 aliphatic rings. The summed E-state index contributed by atoms with van der Waals surface area (Å²) in [6, 6.07) is 0. The van der Waals surface area contributed by atoms with E-state index in [2.05, 4.69) is 0 Å². The second-order valence-electron chi connectivity index (χ2n) is 1.61. The predicted octanol–water partition coefficient (Wildman–Crippen LogP) is 1.04. The average molecular weight is 165 g/mol. The molecule has 0 aliphatic carbocycles. The van der Waals surface area contributed by atoms with Gasteiger partial charge in [0, 0.05) is 6.16 Å². The number of hydrogen-bond donors (Lipinski definition) is 2. The molecule has 0 aromatic rings. The van der Waals surface area contributed by atoms with Crippen LogP contribution in [0.15, 0.2) is 0 Å². The van der Waals surface area contributed by atoms with Gasteiger partial charge in [0.25, 0.3) is 0 Å². The summed E-state index contributed by atoms with van der Waals surface area (Å²) in [5, 5.41) is 16.7. The van der Waals surface area contributed by atoms with Gasteiger partial charge in [0.2, 0.25) is 0 Å². The summed E-state index contributed by atoms with van der Waals surface area (Å²) in [4.78, 5) is 9.89. The van der Waals surface area contributed by atoms with Gasteiger partial charge in [-0.15, -0.1) is 0 Å². The third kappa shape index (κ3) is 4.23. The molecular weight excluding hydrogens is 157 g/mol. The first-order valence-electron chi connectivity index (χ1n) is 2.67. The zero-order valence-electron chi connectivity index (χ0n) is 5.23. The van der Waals surface area contributed by atoms with E-state index in [4.69, 9.17) is 10.3 Å². The van der Waals surface area contributed by atoms with Crippen molar-refractivity contribution in [2.75, 3.05) is 12.7 Å². The highest BCUT2D eigenvalue weighted by Gasteiger charge is 2.05. The fourth-order valence-electron chi connectivity index (χ4n) is 0.381. The molecule has 0 aliphatic heterocycles. The molecule has 0 spiro atoms. The van der Waals surface area contributed by atoms with Gasteiger partial charge in [-0.2, -0.15) is 5.06 Å². The fourth-order valence-corrected chi connectivity index (χ4v) is 0.651. The minimum absolute atomic E-state index is 0.00454. The van der Waals surface area contributed by atoms with Crippen LogP contribution in [0.2, 0.25) is 0 Å². The van der Waals surface area contributed by atoms with E-state index in [1.54, 1.807) is 0 Å². The predicted molar refractivity (Wildman–Crippen MR) is 33.6 cm³/mol. The minimum Gasteiger partial charge on any atom is -0.463 e. The first kappa shape index (κ1) is 9.33. The quantitative estimate of drug-likeness (QED) is 0.282. The van der Waals surface area contributed by atoms with Crippen molar-refractivity contribution in [2.24, 2.45) is 0 Å². The zero-order valence-corrected chi connectivity index (χ0v) is 6.12. The van der Waals surface area contributed by atoms with Gasteiger partial charge in [0.15, 0.2) is 8.46 Å². The molecule has 6 heteroatoms. The monoisotopic (exact) mass is 165 g/mol. The van der Waals surface area contributed by atoms with Crippen LogP contribution in [0.5, 0.6) is 0 Å². The molecule has 0 atom stereocenters. The van der Waals surface area contributed by atoms with Crippen LogP contribution in [0.4, 0.5) is 4.79 Å². The first-order chi connectivity index (χ1) is 4.68. The molecule has 0 bridgehead atoms. The fraction of sp³-hybridized carbons (Fsp3) is 0.750. The number of nitrogens with zero attached hydrogens (tertiary/aromatic N) is 1. The van der Waals surface area contributed by atoms with Crippen molar-refractivity contribution in [3.8, 4) is 0 Å². The Balaban J connectivity index is 3.30. The van der Waals surface area contributed by atoms with Gasteiger partial charge in [-0.1, -0.05) is 0 Å². The molecule has 0 saturated carbocycles. The van der Waals surface area contributed by atoms with Crippen LogP contribution in [-0.4, -0.2) is 34.2 Å². The highest BCUT2D eigenvalue weighted by Crippen LogP contribution is 1.96. The lowest BCUT2D eigenvalue weighted by Gasteiger charge is -2.07. The number of hydrogen-bond acceptors (Lipinski definition) is 3. The lowest BCUT2D eigenvalue weighted by molar-refractivity contribution is -0.0632. The number of carbonyl (C=O) groups is 1. The van der Waals surface area contributed by atoms with Gasteiger partial charge in [0.1, 0.15) is 0 Å². The van der Waals surface area contributed by atoms with Gasteiger partial charge >= 0.3 is 6.09 Å². The highest BCUT2D eigenvalue weighted by molar-refractivity contribution is 7.23. The van der Waals surface area contributed by atoms with Crippen molar-refractivity contribution in [3.63, 3.8) is 0 Å². The van der Waals surface area contributed by atoms with Gasteiger partial charge in [-0.05, 0) is 6.42 Å². The number of carboxylic acid groups (broad SMARTS) is 1. The topological polar surface area (TPSA) is 77.8 Å². The van der Waals surface area contributed by atoms with Crippen LogP contribution >= 0.6 is 8.46 Å². The van der Waals surface area contributed by atoms with Crippen molar-refractivity contribution in [1.29, 1.82) is 0 Å². The van der Waals surface area contributed by atoms with E-state index in [9.17, 15) is 9.36 Å². The van der Waals surface area contributed by atoms with Crippen molar-refractivity contribution in [2.45, 2.75) is 6.42 Å². The molecule has 0 heterocycles. The first-order valence-corrected chi connectivity index (χ1v) is 3.66. The number of rotatable bonds is 4. The lowest BCUT2D eigenvalue weighted by Crippen LogP contribution is -2.26. The van der Waals surface area contributed by atoms with Crippen LogP contribution in [0, 0.1) is 0 Å². The Morgan fingerprint density at radius 3 is 2.60 bits per heavy atom. The SMILES string of the molecule is O=PCCCN(O)C(=O)O. The maximum absolute atomic E-state index is 9.89. The normalized spacial score (nSPS) is 9.70. The molecule has 1 amide bonds. The Morgan fingerprint density at radius 2 is 2.20 bits per heavy atom. The smallest absolute Gasteiger partial charge is 0.431 e. The lowest BCUT2D eigenvalue weighted by atomic mass is 10.5. The van der Waals surface area contributed by atoms with E-state index in [0.29, 0.717) is 12.6 Å². The van der Waals surface area contributed by atoms with Crippen LogP contribution < -0.4 is 0 Å². The van der Waals surface area contributed by atoms with Gasteiger partial charge in [0.05, 0.1) is 6.54 Å². The highest BCUT2D eigenvalue weighted by atomic mass is 31.1. The Kier molecular flexibility index (Phi) is 4.80. The minimum atomic E-state index is -1.39. The summed E-state index contributed by atoms with van der Waals surface area (Å²) in [7, 11) is -0.0276. The summed E-state index contributed by atoms with van der Waals surface area (Å²) in [5.41, 5.74) is 0. The van der Waals surface area contributed by atoms with Crippen LogP contribution in [0.3, 0.4) is 0 Å². The summed E-state index contributed by atoms with van der Waals surface area (Å²) in [6.45, 7) is 0.00454. The Hall–Kier alpha value is -0.670. The van der Waals surface area contributed by atoms with Crippen molar-refractivity contribution >= 4 is 14.6 Å². The van der Waals surface area contributed by atoms with E-state index < -0.39 is 6.09 Å². The maximum atomic E-state index is 9.89. The Bertz CT molecular complexity index is 128. The summed E-state index contributed by atoms with van der Waals surface area (Å²) in [5.74, 6) is 0. The average Bonchev–Trinajstić information content (AvgIpc) is 1.88. The molecule has 0 rings (SSSR count). The third-order valence-electron chi connectivity index (χ3n) is 0.840. The summed E-state index contributed by atoms with van der Waals surface area (Å²) < 4.78 is 9.81. The number of amides is 1. The Morgan fingerprint density at radius 1 is 1.60 bits per heavy atom. The molecule has 0 saturated heterocycles. The summed E-state index contributed by atoms with van der Waals surface area (Å²) >= 11 is 0. The van der Waals surface area contributed by atoms with E-state index in [1.807, 2.05) is 0 Å². The standard InChI is InChI=1S/C4H8NO4P/c6-4(7)5(8)2-1-3-10-9/h8H,1-3H2,(H,6,7). The van der Waals surface area contributed by atoms with E-state index in [-0.39, 0.29) is 20.1 Å². The van der Waals surface area contributed by atoms with Crippen LogP contribution in [0.25, 0.3) is 0 Å². The molecule has 5 nitrogen and oxygen atoms in total. The molecule has 58 valence electrons. The van der Waals surface area contributed by atoms with Gasteiger partial charge < -0.3 is 5.11 Å². The summed E-state index contributed by atoms with van der Waals surface area (Å²) in [6.07, 6.45) is -0.624. The second-order valence-corrected chi connectivity index (χ2v) is 2.32. The van der Waals surface area contributed by atoms with Gasteiger partial charge in [-0.25, -0.2) is 4.79 Å². The molecular formula is C4H8NO4P. The molecule has 2 N–H and O–H groups in total. The van der Waals surface area contributed by atoms with Crippen LogP contribution in [-0.2, 0) is 4.57 Å².